The predicted molar refractivity (Wildman–Crippen MR) is 82.2 cm³/mol. The third-order valence-corrected chi connectivity index (χ3v) is 3.77. The maximum Gasteiger partial charge on any atom is 0.0547 e. The summed E-state index contributed by atoms with van der Waals surface area (Å²) in [5.74, 6) is 0.640. The molecule has 0 amide bonds. The zero-order valence-electron chi connectivity index (χ0n) is 13.1. The zero-order chi connectivity index (χ0) is 14.3. The van der Waals surface area contributed by atoms with E-state index in [1.165, 1.54) is 6.42 Å². The SMILES string of the molecule is CCCNCC(C)C(C)N(C)Cc1cccc(C)n1. The van der Waals surface area contributed by atoms with E-state index in [0.29, 0.717) is 12.0 Å². The lowest BCUT2D eigenvalue weighted by Gasteiger charge is -2.30. The largest absolute Gasteiger partial charge is 0.316 e. The van der Waals surface area contributed by atoms with Crippen molar-refractivity contribution < 1.29 is 0 Å². The quantitative estimate of drug-likeness (QED) is 0.731. The highest BCUT2D eigenvalue weighted by atomic mass is 15.1. The van der Waals surface area contributed by atoms with Crippen LogP contribution in [0.15, 0.2) is 18.2 Å². The molecule has 0 aliphatic heterocycles. The third-order valence-electron chi connectivity index (χ3n) is 3.77. The molecule has 0 bridgehead atoms. The molecule has 0 saturated heterocycles. The van der Waals surface area contributed by atoms with Gasteiger partial charge in [-0.05, 0) is 58.5 Å². The molecule has 2 atom stereocenters. The highest BCUT2D eigenvalue weighted by Gasteiger charge is 2.17. The Morgan fingerprint density at radius 2 is 2.05 bits per heavy atom. The Labute approximate surface area is 118 Å². The summed E-state index contributed by atoms with van der Waals surface area (Å²) in [6, 6.07) is 6.79. The second-order valence-electron chi connectivity index (χ2n) is 5.61. The molecule has 0 aliphatic rings. The summed E-state index contributed by atoms with van der Waals surface area (Å²) >= 11 is 0. The molecule has 0 aliphatic carbocycles. The molecular weight excluding hydrogens is 234 g/mol. The Hall–Kier alpha value is -0.930. The first-order valence-electron chi connectivity index (χ1n) is 7.38. The Balaban J connectivity index is 2.45. The second-order valence-corrected chi connectivity index (χ2v) is 5.61. The van der Waals surface area contributed by atoms with Crippen LogP contribution >= 0.6 is 0 Å². The molecule has 0 fully saturated rings. The number of nitrogens with one attached hydrogen (secondary N) is 1. The number of nitrogens with zero attached hydrogens (tertiary/aromatic N) is 2. The predicted octanol–water partition coefficient (Wildman–Crippen LogP) is 2.85. The van der Waals surface area contributed by atoms with Crippen molar-refractivity contribution in [2.24, 2.45) is 5.92 Å². The van der Waals surface area contributed by atoms with Crippen molar-refractivity contribution in [2.45, 2.75) is 46.7 Å². The van der Waals surface area contributed by atoms with Gasteiger partial charge in [0.05, 0.1) is 5.69 Å². The van der Waals surface area contributed by atoms with E-state index in [-0.39, 0.29) is 0 Å². The van der Waals surface area contributed by atoms with Crippen LogP contribution < -0.4 is 5.32 Å². The number of pyridine rings is 1. The maximum absolute atomic E-state index is 4.57. The molecule has 2 unspecified atom stereocenters. The first-order chi connectivity index (χ1) is 9.04. The van der Waals surface area contributed by atoms with Crippen molar-refractivity contribution in [1.82, 2.24) is 15.2 Å². The van der Waals surface area contributed by atoms with Crippen LogP contribution in [-0.2, 0) is 6.54 Å². The van der Waals surface area contributed by atoms with Gasteiger partial charge in [0.25, 0.3) is 0 Å². The van der Waals surface area contributed by atoms with Crippen molar-refractivity contribution in [1.29, 1.82) is 0 Å². The first-order valence-corrected chi connectivity index (χ1v) is 7.38. The van der Waals surface area contributed by atoms with Gasteiger partial charge in [0.15, 0.2) is 0 Å². The molecule has 19 heavy (non-hydrogen) atoms. The van der Waals surface area contributed by atoms with Crippen LogP contribution in [0.4, 0.5) is 0 Å². The van der Waals surface area contributed by atoms with Gasteiger partial charge < -0.3 is 5.32 Å². The molecule has 3 heteroatoms. The standard InChI is InChI=1S/C16H29N3/c1-6-10-17-11-13(2)15(4)19(5)12-16-9-7-8-14(3)18-16/h7-9,13,15,17H,6,10-12H2,1-5H3. The summed E-state index contributed by atoms with van der Waals surface area (Å²) < 4.78 is 0. The molecule has 1 aromatic rings. The smallest absolute Gasteiger partial charge is 0.0547 e. The summed E-state index contributed by atoms with van der Waals surface area (Å²) in [6.07, 6.45) is 1.20. The lowest BCUT2D eigenvalue weighted by atomic mass is 10.0. The molecule has 108 valence electrons. The number of rotatable bonds is 8. The molecule has 1 heterocycles. The van der Waals surface area contributed by atoms with Crippen LogP contribution in [0.1, 0.15) is 38.6 Å². The minimum Gasteiger partial charge on any atom is -0.316 e. The fraction of sp³-hybridized carbons (Fsp3) is 0.688. The maximum atomic E-state index is 4.57. The van der Waals surface area contributed by atoms with Gasteiger partial charge in [-0.2, -0.15) is 0 Å². The van der Waals surface area contributed by atoms with E-state index in [9.17, 15) is 0 Å². The molecular formula is C16H29N3. The summed E-state index contributed by atoms with van der Waals surface area (Å²) in [6.45, 7) is 12.0. The Bertz CT molecular complexity index is 365. The van der Waals surface area contributed by atoms with Crippen molar-refractivity contribution in [3.8, 4) is 0 Å². The van der Waals surface area contributed by atoms with Crippen LogP contribution in [0.3, 0.4) is 0 Å². The molecule has 1 N–H and O–H groups in total. The molecule has 3 nitrogen and oxygen atoms in total. The van der Waals surface area contributed by atoms with Gasteiger partial charge in [-0.25, -0.2) is 0 Å². The van der Waals surface area contributed by atoms with Crippen LogP contribution in [0.2, 0.25) is 0 Å². The van der Waals surface area contributed by atoms with E-state index in [4.69, 9.17) is 0 Å². The summed E-state index contributed by atoms with van der Waals surface area (Å²) in [4.78, 5) is 6.96. The Morgan fingerprint density at radius 1 is 1.32 bits per heavy atom. The molecule has 0 saturated carbocycles. The average molecular weight is 263 g/mol. The number of aryl methyl sites for hydroxylation is 1. The summed E-state index contributed by atoms with van der Waals surface area (Å²) in [7, 11) is 2.19. The van der Waals surface area contributed by atoms with Crippen molar-refractivity contribution in [2.75, 3.05) is 20.1 Å². The monoisotopic (exact) mass is 263 g/mol. The molecule has 0 aromatic carbocycles. The Kier molecular flexibility index (Phi) is 7.03. The van der Waals surface area contributed by atoms with E-state index in [0.717, 1.165) is 31.0 Å². The molecule has 1 aromatic heterocycles. The van der Waals surface area contributed by atoms with E-state index in [1.807, 2.05) is 13.0 Å². The highest BCUT2D eigenvalue weighted by molar-refractivity contribution is 5.09. The molecule has 1 rings (SSSR count). The summed E-state index contributed by atoms with van der Waals surface area (Å²) in [5, 5.41) is 3.50. The number of hydrogen-bond acceptors (Lipinski definition) is 3. The van der Waals surface area contributed by atoms with E-state index in [1.54, 1.807) is 0 Å². The van der Waals surface area contributed by atoms with Crippen molar-refractivity contribution in [3.63, 3.8) is 0 Å². The van der Waals surface area contributed by atoms with Crippen LogP contribution in [0, 0.1) is 12.8 Å². The fourth-order valence-electron chi connectivity index (χ4n) is 2.20. The van der Waals surface area contributed by atoms with Gasteiger partial charge in [-0.3, -0.25) is 9.88 Å². The third kappa shape index (κ3) is 5.70. The van der Waals surface area contributed by atoms with Gasteiger partial charge in [0.2, 0.25) is 0 Å². The van der Waals surface area contributed by atoms with Crippen molar-refractivity contribution in [3.05, 3.63) is 29.6 Å². The molecule has 0 radical (unpaired) electrons. The topological polar surface area (TPSA) is 28.2 Å². The minimum absolute atomic E-state index is 0.548. The normalized spacial score (nSPS) is 14.6. The summed E-state index contributed by atoms with van der Waals surface area (Å²) in [5.41, 5.74) is 2.25. The van der Waals surface area contributed by atoms with Gasteiger partial charge in [0.1, 0.15) is 0 Å². The number of aromatic nitrogens is 1. The number of hydrogen-bond donors (Lipinski definition) is 1. The molecule has 0 spiro atoms. The van der Waals surface area contributed by atoms with Crippen LogP contribution in [0.25, 0.3) is 0 Å². The Morgan fingerprint density at radius 3 is 2.68 bits per heavy atom. The lowest BCUT2D eigenvalue weighted by molar-refractivity contribution is 0.187. The fourth-order valence-corrected chi connectivity index (χ4v) is 2.20. The minimum atomic E-state index is 0.548. The van der Waals surface area contributed by atoms with Crippen LogP contribution in [-0.4, -0.2) is 36.1 Å². The first kappa shape index (κ1) is 16.1. The van der Waals surface area contributed by atoms with Crippen molar-refractivity contribution >= 4 is 0 Å². The second kappa shape index (κ2) is 8.28. The van der Waals surface area contributed by atoms with Gasteiger partial charge >= 0.3 is 0 Å². The highest BCUT2D eigenvalue weighted by Crippen LogP contribution is 2.11. The van der Waals surface area contributed by atoms with E-state index >= 15 is 0 Å². The van der Waals surface area contributed by atoms with Gasteiger partial charge in [-0.15, -0.1) is 0 Å². The van der Waals surface area contributed by atoms with Crippen LogP contribution in [0.5, 0.6) is 0 Å². The van der Waals surface area contributed by atoms with E-state index in [2.05, 4.69) is 55.2 Å². The average Bonchev–Trinajstić information content (AvgIpc) is 2.38. The lowest BCUT2D eigenvalue weighted by Crippen LogP contribution is -2.38. The van der Waals surface area contributed by atoms with Gasteiger partial charge in [0, 0.05) is 18.3 Å². The van der Waals surface area contributed by atoms with Gasteiger partial charge in [-0.1, -0.05) is 19.9 Å². The van der Waals surface area contributed by atoms with E-state index < -0.39 is 0 Å². The zero-order valence-corrected chi connectivity index (χ0v) is 13.1.